The van der Waals surface area contributed by atoms with E-state index in [1.807, 2.05) is 24.3 Å². The molecule has 25 heavy (non-hydrogen) atoms. The van der Waals surface area contributed by atoms with E-state index in [4.69, 9.17) is 4.74 Å². The van der Waals surface area contributed by atoms with Crippen molar-refractivity contribution in [1.29, 1.82) is 0 Å². The van der Waals surface area contributed by atoms with Gasteiger partial charge in [-0.15, -0.1) is 0 Å². The Morgan fingerprint density at radius 1 is 1.16 bits per heavy atom. The smallest absolute Gasteiger partial charge is 0.287 e. The monoisotopic (exact) mass is 352 g/mol. The van der Waals surface area contributed by atoms with Crippen molar-refractivity contribution in [1.82, 2.24) is 9.55 Å². The second-order valence-electron chi connectivity index (χ2n) is 5.80. The fourth-order valence-corrected chi connectivity index (χ4v) is 3.57. The van der Waals surface area contributed by atoms with Crippen LogP contribution >= 0.6 is 11.8 Å². The van der Waals surface area contributed by atoms with Gasteiger partial charge in [0.1, 0.15) is 5.75 Å². The van der Waals surface area contributed by atoms with Crippen molar-refractivity contribution in [2.45, 2.75) is 24.6 Å². The lowest BCUT2D eigenvalue weighted by molar-refractivity contribution is 0.412. The van der Waals surface area contributed by atoms with E-state index in [0.717, 1.165) is 0 Å². The predicted octanol–water partition coefficient (Wildman–Crippen LogP) is 4.15. The van der Waals surface area contributed by atoms with E-state index in [1.54, 1.807) is 24.1 Å². The van der Waals surface area contributed by atoms with Crippen molar-refractivity contribution in [3.8, 4) is 11.4 Å². The molecule has 0 aliphatic carbocycles. The third-order valence-electron chi connectivity index (χ3n) is 4.02. The molecule has 0 atom stereocenters. The minimum Gasteiger partial charge on any atom is -0.495 e. The van der Waals surface area contributed by atoms with Crippen LogP contribution in [0.2, 0.25) is 0 Å². The van der Waals surface area contributed by atoms with Gasteiger partial charge in [0.15, 0.2) is 5.03 Å². The van der Waals surface area contributed by atoms with Crippen LogP contribution in [-0.2, 0) is 5.75 Å². The van der Waals surface area contributed by atoms with Crippen LogP contribution in [0.25, 0.3) is 5.69 Å². The van der Waals surface area contributed by atoms with E-state index < -0.39 is 0 Å². The van der Waals surface area contributed by atoms with Crippen molar-refractivity contribution >= 4 is 11.8 Å². The minimum absolute atomic E-state index is 0.137. The summed E-state index contributed by atoms with van der Waals surface area (Å²) < 4.78 is 6.95. The largest absolute Gasteiger partial charge is 0.495 e. The zero-order valence-electron chi connectivity index (χ0n) is 14.5. The van der Waals surface area contributed by atoms with E-state index in [2.05, 4.69) is 37.0 Å². The van der Waals surface area contributed by atoms with Crippen molar-refractivity contribution in [3.05, 3.63) is 81.9 Å². The van der Waals surface area contributed by atoms with Crippen molar-refractivity contribution in [2.24, 2.45) is 0 Å². The number of benzene rings is 2. The Hall–Kier alpha value is -2.53. The van der Waals surface area contributed by atoms with Gasteiger partial charge in [-0.3, -0.25) is 9.36 Å². The standard InChI is InChI=1S/C20H20N2O2S/c1-14-8-9-15(2)16(12-14)13-25-19-20(23)22(11-10-21-19)17-6-4-5-7-18(17)24-3/h4-12H,13H2,1-3H3. The molecule has 5 heteroatoms. The number of thioether (sulfide) groups is 1. The number of hydrogen-bond donors (Lipinski definition) is 0. The molecule has 128 valence electrons. The molecular formula is C20H20N2O2S. The third kappa shape index (κ3) is 3.77. The van der Waals surface area contributed by atoms with E-state index in [9.17, 15) is 4.79 Å². The molecule has 1 aromatic heterocycles. The number of aryl methyl sites for hydroxylation is 2. The van der Waals surface area contributed by atoms with Crippen LogP contribution in [-0.4, -0.2) is 16.7 Å². The summed E-state index contributed by atoms with van der Waals surface area (Å²) in [7, 11) is 1.60. The van der Waals surface area contributed by atoms with Crippen LogP contribution in [0.1, 0.15) is 16.7 Å². The van der Waals surface area contributed by atoms with Gasteiger partial charge in [-0.25, -0.2) is 4.98 Å². The summed E-state index contributed by atoms with van der Waals surface area (Å²) >= 11 is 1.46. The summed E-state index contributed by atoms with van der Waals surface area (Å²) in [5.41, 5.74) is 4.24. The summed E-state index contributed by atoms with van der Waals surface area (Å²) in [6.07, 6.45) is 3.32. The summed E-state index contributed by atoms with van der Waals surface area (Å²) in [5.74, 6) is 1.37. The van der Waals surface area contributed by atoms with Crippen LogP contribution < -0.4 is 10.3 Å². The summed E-state index contributed by atoms with van der Waals surface area (Å²) in [6.45, 7) is 4.16. The molecule has 0 N–H and O–H groups in total. The third-order valence-corrected chi connectivity index (χ3v) is 5.03. The lowest BCUT2D eigenvalue weighted by Crippen LogP contribution is -2.21. The first kappa shape index (κ1) is 17.3. The van der Waals surface area contributed by atoms with Crippen LogP contribution in [0.4, 0.5) is 0 Å². The number of rotatable bonds is 5. The van der Waals surface area contributed by atoms with Gasteiger partial charge in [-0.2, -0.15) is 0 Å². The molecule has 0 bridgehead atoms. The molecule has 1 heterocycles. The predicted molar refractivity (Wildman–Crippen MR) is 102 cm³/mol. The van der Waals surface area contributed by atoms with Gasteiger partial charge in [0, 0.05) is 18.1 Å². The lowest BCUT2D eigenvalue weighted by Gasteiger charge is -2.11. The molecule has 3 aromatic rings. The molecule has 0 spiro atoms. The molecule has 0 aliphatic rings. The van der Waals surface area contributed by atoms with Gasteiger partial charge >= 0.3 is 0 Å². The highest BCUT2D eigenvalue weighted by Crippen LogP contribution is 2.24. The van der Waals surface area contributed by atoms with E-state index >= 15 is 0 Å². The number of para-hydroxylation sites is 2. The molecule has 0 radical (unpaired) electrons. The topological polar surface area (TPSA) is 44.1 Å². The first-order chi connectivity index (χ1) is 12.1. The zero-order chi connectivity index (χ0) is 17.8. The van der Waals surface area contributed by atoms with Crippen LogP contribution in [0.15, 0.2) is 64.7 Å². The Balaban J connectivity index is 1.92. The molecule has 0 saturated heterocycles. The molecule has 0 aliphatic heterocycles. The first-order valence-corrected chi connectivity index (χ1v) is 8.98. The average molecular weight is 352 g/mol. The van der Waals surface area contributed by atoms with Gasteiger partial charge in [0.2, 0.25) is 0 Å². The summed E-state index contributed by atoms with van der Waals surface area (Å²) in [5, 5.41) is 0.481. The van der Waals surface area contributed by atoms with Gasteiger partial charge in [-0.1, -0.05) is 47.7 Å². The van der Waals surface area contributed by atoms with Gasteiger partial charge < -0.3 is 4.74 Å². The van der Waals surface area contributed by atoms with Crippen molar-refractivity contribution in [3.63, 3.8) is 0 Å². The number of ether oxygens (including phenoxy) is 1. The maximum Gasteiger partial charge on any atom is 0.287 e. The normalized spacial score (nSPS) is 10.7. The molecule has 2 aromatic carbocycles. The number of hydrogen-bond acceptors (Lipinski definition) is 4. The molecule has 3 rings (SSSR count). The molecule has 0 fully saturated rings. The highest BCUT2D eigenvalue weighted by molar-refractivity contribution is 7.98. The summed E-state index contributed by atoms with van der Waals surface area (Å²) in [6, 6.07) is 13.8. The molecule has 0 unspecified atom stereocenters. The summed E-state index contributed by atoms with van der Waals surface area (Å²) in [4.78, 5) is 17.1. The quantitative estimate of drug-likeness (QED) is 0.647. The number of aromatic nitrogens is 2. The lowest BCUT2D eigenvalue weighted by atomic mass is 10.1. The maximum absolute atomic E-state index is 12.8. The fraction of sp³-hybridized carbons (Fsp3) is 0.200. The first-order valence-electron chi connectivity index (χ1n) is 8.00. The Bertz CT molecular complexity index is 950. The Morgan fingerprint density at radius 2 is 1.96 bits per heavy atom. The number of nitrogens with zero attached hydrogens (tertiary/aromatic N) is 2. The highest BCUT2D eigenvalue weighted by Gasteiger charge is 2.11. The maximum atomic E-state index is 12.8. The Morgan fingerprint density at radius 3 is 2.76 bits per heavy atom. The Labute approximate surface area is 151 Å². The van der Waals surface area contributed by atoms with Gasteiger partial charge in [0.05, 0.1) is 12.8 Å². The molecular weight excluding hydrogens is 332 g/mol. The van der Waals surface area contributed by atoms with Gasteiger partial charge in [-0.05, 0) is 37.1 Å². The van der Waals surface area contributed by atoms with Crippen LogP contribution in [0, 0.1) is 13.8 Å². The molecule has 0 amide bonds. The Kier molecular flexibility index (Phi) is 5.24. The fourth-order valence-electron chi connectivity index (χ4n) is 2.61. The minimum atomic E-state index is -0.137. The van der Waals surface area contributed by atoms with Crippen molar-refractivity contribution in [2.75, 3.05) is 7.11 Å². The van der Waals surface area contributed by atoms with E-state index in [0.29, 0.717) is 22.2 Å². The molecule has 4 nitrogen and oxygen atoms in total. The second kappa shape index (κ2) is 7.57. The zero-order valence-corrected chi connectivity index (χ0v) is 15.3. The van der Waals surface area contributed by atoms with Crippen LogP contribution in [0.3, 0.4) is 0 Å². The molecule has 0 saturated carbocycles. The van der Waals surface area contributed by atoms with Gasteiger partial charge in [0.25, 0.3) is 5.56 Å². The SMILES string of the molecule is COc1ccccc1-n1ccnc(SCc2cc(C)ccc2C)c1=O. The van der Waals surface area contributed by atoms with E-state index in [-0.39, 0.29) is 5.56 Å². The van der Waals surface area contributed by atoms with Crippen LogP contribution in [0.5, 0.6) is 5.75 Å². The average Bonchev–Trinajstić information content (AvgIpc) is 2.63. The highest BCUT2D eigenvalue weighted by atomic mass is 32.2. The van der Waals surface area contributed by atoms with E-state index in [1.165, 1.54) is 28.5 Å². The van der Waals surface area contributed by atoms with Crippen molar-refractivity contribution < 1.29 is 4.74 Å². The number of methoxy groups -OCH3 is 1. The second-order valence-corrected chi connectivity index (χ2v) is 6.76.